The highest BCUT2D eigenvalue weighted by atomic mass is 35.5. The molecule has 182 valence electrons. The van der Waals surface area contributed by atoms with E-state index in [9.17, 15) is 18.8 Å². The first-order valence-electron chi connectivity index (χ1n) is 9.79. The third kappa shape index (κ3) is 4.53. The molecule has 0 amide bonds. The van der Waals surface area contributed by atoms with Gasteiger partial charge in [-0.05, 0) is 38.2 Å². The van der Waals surface area contributed by atoms with Crippen LogP contribution in [-0.4, -0.2) is 50.4 Å². The number of oxime groups is 2. The van der Waals surface area contributed by atoms with E-state index in [1.54, 1.807) is 13.8 Å². The molecule has 1 aromatic heterocycles. The Balaban J connectivity index is 2.00. The Hall–Kier alpha value is -3.32. The maximum Gasteiger partial charge on any atom is 0.346 e. The lowest BCUT2D eigenvalue weighted by Gasteiger charge is -2.20. The molecule has 0 aliphatic carbocycles. The number of esters is 1. The average molecular weight is 514 g/mol. The summed E-state index contributed by atoms with van der Waals surface area (Å²) in [7, 11) is 3.97. The number of methoxy groups -OCH3 is 1. The zero-order valence-corrected chi connectivity index (χ0v) is 20.5. The van der Waals surface area contributed by atoms with Crippen LogP contribution >= 0.6 is 23.8 Å². The average Bonchev–Trinajstić information content (AvgIpc) is 3.20. The van der Waals surface area contributed by atoms with Crippen molar-refractivity contribution < 1.29 is 23.6 Å². The van der Waals surface area contributed by atoms with E-state index >= 15 is 0 Å². The minimum absolute atomic E-state index is 0.00137. The van der Waals surface area contributed by atoms with Crippen LogP contribution in [0.2, 0.25) is 5.02 Å². The summed E-state index contributed by atoms with van der Waals surface area (Å²) in [6, 6.07) is 2.23. The number of rotatable bonds is 6. The monoisotopic (exact) mass is 513 g/mol. The fourth-order valence-corrected chi connectivity index (χ4v) is 3.54. The second-order valence-corrected chi connectivity index (χ2v) is 8.42. The maximum atomic E-state index is 14.9. The Morgan fingerprint density at radius 2 is 1.94 bits per heavy atom. The van der Waals surface area contributed by atoms with Crippen molar-refractivity contribution in [1.82, 2.24) is 13.7 Å². The van der Waals surface area contributed by atoms with Gasteiger partial charge in [-0.15, -0.1) is 0 Å². The van der Waals surface area contributed by atoms with Gasteiger partial charge in [0.25, 0.3) is 0 Å². The standard InChI is InChI=1S/C20H21ClFN5O6S/c1-10(23-32-9-16(28)31-5)20(2)8-14(24-33-20)11-6-15(13(22)7-12(11)21)27-17(29)25(3)19(34)26(4)18(27)30/h6-7H,8-9H2,1-5H3/b23-10-. The number of ether oxygens (including phenoxy) is 1. The highest BCUT2D eigenvalue weighted by Crippen LogP contribution is 2.32. The fourth-order valence-electron chi connectivity index (χ4n) is 3.12. The van der Waals surface area contributed by atoms with Crippen LogP contribution in [0.5, 0.6) is 0 Å². The van der Waals surface area contributed by atoms with Crippen molar-refractivity contribution in [2.24, 2.45) is 24.4 Å². The van der Waals surface area contributed by atoms with Gasteiger partial charge in [-0.3, -0.25) is 9.13 Å². The molecule has 3 rings (SSSR count). The predicted octanol–water partition coefficient (Wildman–Crippen LogP) is 1.85. The largest absolute Gasteiger partial charge is 0.466 e. The second kappa shape index (κ2) is 9.50. The van der Waals surface area contributed by atoms with Crippen LogP contribution in [-0.2, 0) is 33.3 Å². The van der Waals surface area contributed by atoms with Gasteiger partial charge in [0.1, 0.15) is 11.5 Å². The molecule has 0 spiro atoms. The lowest BCUT2D eigenvalue weighted by Crippen LogP contribution is -2.43. The Morgan fingerprint density at radius 1 is 1.32 bits per heavy atom. The van der Waals surface area contributed by atoms with Crippen LogP contribution in [0.4, 0.5) is 4.39 Å². The fraction of sp³-hybridized carbons (Fsp3) is 0.400. The molecule has 1 aliphatic rings. The van der Waals surface area contributed by atoms with E-state index in [1.165, 1.54) is 27.3 Å². The summed E-state index contributed by atoms with van der Waals surface area (Å²) >= 11 is 11.3. The molecule has 1 unspecified atom stereocenters. The minimum Gasteiger partial charge on any atom is -0.466 e. The third-order valence-corrected chi connectivity index (χ3v) is 6.22. The molecule has 1 aliphatic heterocycles. The van der Waals surface area contributed by atoms with E-state index in [-0.39, 0.29) is 34.1 Å². The van der Waals surface area contributed by atoms with Crippen LogP contribution in [0, 0.1) is 10.6 Å². The van der Waals surface area contributed by atoms with Crippen LogP contribution < -0.4 is 11.4 Å². The highest BCUT2D eigenvalue weighted by Gasteiger charge is 2.39. The Kier molecular flexibility index (Phi) is 7.07. The summed E-state index contributed by atoms with van der Waals surface area (Å²) in [5, 5.41) is 7.92. The Bertz CT molecular complexity index is 1370. The number of halogens is 2. The molecule has 1 aromatic carbocycles. The molecule has 0 saturated heterocycles. The number of hydrogen-bond donors (Lipinski definition) is 0. The molecule has 2 aromatic rings. The van der Waals surface area contributed by atoms with Gasteiger partial charge in [0.15, 0.2) is 10.4 Å². The number of benzene rings is 1. The summed E-state index contributed by atoms with van der Waals surface area (Å²) in [4.78, 5) is 47.1. The molecule has 0 radical (unpaired) electrons. The molecule has 0 N–H and O–H groups in total. The summed E-state index contributed by atoms with van der Waals surface area (Å²) in [6.07, 6.45) is 0.153. The molecular weight excluding hydrogens is 493 g/mol. The maximum absolute atomic E-state index is 14.9. The van der Waals surface area contributed by atoms with E-state index in [1.807, 2.05) is 0 Å². The van der Waals surface area contributed by atoms with Gasteiger partial charge in [0.05, 0.1) is 23.5 Å². The molecule has 2 heterocycles. The van der Waals surface area contributed by atoms with Gasteiger partial charge in [0, 0.05) is 26.1 Å². The number of aromatic nitrogens is 3. The highest BCUT2D eigenvalue weighted by molar-refractivity contribution is 7.71. The lowest BCUT2D eigenvalue weighted by molar-refractivity contribution is -0.145. The molecule has 0 fully saturated rings. The van der Waals surface area contributed by atoms with Gasteiger partial charge in [-0.25, -0.2) is 23.3 Å². The minimum atomic E-state index is -1.05. The first kappa shape index (κ1) is 25.3. The van der Waals surface area contributed by atoms with E-state index in [2.05, 4.69) is 15.0 Å². The van der Waals surface area contributed by atoms with E-state index in [0.717, 1.165) is 15.2 Å². The predicted molar refractivity (Wildman–Crippen MR) is 124 cm³/mol. The van der Waals surface area contributed by atoms with Crippen molar-refractivity contribution in [3.8, 4) is 5.69 Å². The van der Waals surface area contributed by atoms with Crippen molar-refractivity contribution in [3.05, 3.63) is 54.3 Å². The smallest absolute Gasteiger partial charge is 0.346 e. The third-order valence-electron chi connectivity index (χ3n) is 5.36. The van der Waals surface area contributed by atoms with Crippen LogP contribution in [0.15, 0.2) is 32.0 Å². The topological polar surface area (TPSA) is 118 Å². The van der Waals surface area contributed by atoms with Crippen molar-refractivity contribution in [2.75, 3.05) is 13.7 Å². The zero-order valence-electron chi connectivity index (χ0n) is 18.9. The number of carbonyl (C=O) groups excluding carboxylic acids is 1. The number of carbonyl (C=O) groups is 1. The van der Waals surface area contributed by atoms with Crippen LogP contribution in [0.1, 0.15) is 25.8 Å². The first-order valence-corrected chi connectivity index (χ1v) is 10.6. The van der Waals surface area contributed by atoms with Crippen LogP contribution in [0.3, 0.4) is 0 Å². The summed E-state index contributed by atoms with van der Waals surface area (Å²) < 4.78 is 22.1. The zero-order chi connectivity index (χ0) is 25.4. The quantitative estimate of drug-likeness (QED) is 0.250. The van der Waals surface area contributed by atoms with Gasteiger partial charge >= 0.3 is 17.3 Å². The number of hydrogen-bond acceptors (Lipinski definition) is 9. The van der Waals surface area contributed by atoms with E-state index in [4.69, 9.17) is 33.5 Å². The summed E-state index contributed by atoms with van der Waals surface area (Å²) in [5.74, 6) is -1.49. The van der Waals surface area contributed by atoms with E-state index in [0.29, 0.717) is 16.0 Å². The molecular formula is C20H21ClFN5O6S. The molecule has 11 nitrogen and oxygen atoms in total. The normalized spacial score (nSPS) is 17.9. The molecule has 1 atom stereocenters. The molecule has 34 heavy (non-hydrogen) atoms. The van der Waals surface area contributed by atoms with Gasteiger partial charge < -0.3 is 14.4 Å². The Morgan fingerprint density at radius 3 is 2.53 bits per heavy atom. The van der Waals surface area contributed by atoms with Gasteiger partial charge in [-0.1, -0.05) is 21.9 Å². The summed E-state index contributed by atoms with van der Waals surface area (Å²) in [6.45, 7) is 2.92. The van der Waals surface area contributed by atoms with E-state index < -0.39 is 28.8 Å². The van der Waals surface area contributed by atoms with Crippen molar-refractivity contribution in [3.63, 3.8) is 0 Å². The molecule has 0 bridgehead atoms. The van der Waals surface area contributed by atoms with Crippen LogP contribution in [0.25, 0.3) is 5.69 Å². The Labute approximate surface area is 202 Å². The van der Waals surface area contributed by atoms with Crippen molar-refractivity contribution in [1.29, 1.82) is 0 Å². The lowest BCUT2D eigenvalue weighted by atomic mass is 9.92. The second-order valence-electron chi connectivity index (χ2n) is 7.65. The molecule has 0 saturated carbocycles. The summed E-state index contributed by atoms with van der Waals surface area (Å²) in [5.41, 5.74) is -2.06. The van der Waals surface area contributed by atoms with Crippen molar-refractivity contribution in [2.45, 2.75) is 25.9 Å². The number of nitrogens with zero attached hydrogens (tertiary/aromatic N) is 5. The van der Waals surface area contributed by atoms with Gasteiger partial charge in [0.2, 0.25) is 6.61 Å². The molecule has 14 heteroatoms. The van der Waals surface area contributed by atoms with Gasteiger partial charge in [-0.2, -0.15) is 0 Å². The van der Waals surface area contributed by atoms with Crippen molar-refractivity contribution >= 4 is 41.2 Å². The SMILES string of the molecule is COC(=O)CO/N=C(/C)C1(C)CC(c2cc(-n3c(=O)n(C)c(=S)n(C)c3=O)c(F)cc2Cl)=NO1. The first-order chi connectivity index (χ1) is 15.9.